The summed E-state index contributed by atoms with van der Waals surface area (Å²) in [7, 11) is 0. The van der Waals surface area contributed by atoms with Crippen LogP contribution >= 0.6 is 0 Å². The molecule has 0 fully saturated rings. The number of rotatable bonds is 4. The van der Waals surface area contributed by atoms with E-state index < -0.39 is 11.9 Å². The summed E-state index contributed by atoms with van der Waals surface area (Å²) >= 11 is 0. The Morgan fingerprint density at radius 1 is 1.33 bits per heavy atom. The van der Waals surface area contributed by atoms with Crippen LogP contribution in [0.2, 0.25) is 0 Å². The quantitative estimate of drug-likeness (QED) is 0.764. The summed E-state index contributed by atoms with van der Waals surface area (Å²) in [4.78, 5) is 22.0. The number of carbonyl (C=O) groups is 2. The van der Waals surface area contributed by atoms with E-state index in [9.17, 15) is 9.59 Å². The second kappa shape index (κ2) is 4.73. The number of carbonyl (C=O) groups excluding carboxylic acids is 1. The van der Waals surface area contributed by atoms with Gasteiger partial charge in [-0.2, -0.15) is 0 Å². The lowest BCUT2D eigenvalue weighted by atomic mass is 9.93. The molecule has 0 aliphatic heterocycles. The number of carboxylic acids is 1. The predicted octanol–water partition coefficient (Wildman–Crippen LogP) is 1.83. The molecule has 1 aromatic carbocycles. The summed E-state index contributed by atoms with van der Waals surface area (Å²) in [6.45, 7) is 3.23. The summed E-state index contributed by atoms with van der Waals surface area (Å²) in [5, 5.41) is 8.88. The van der Waals surface area contributed by atoms with Gasteiger partial charge in [-0.15, -0.1) is 0 Å². The lowest BCUT2D eigenvalue weighted by molar-refractivity contribution is -0.145. The molecular formula is C12H14O3. The molecule has 0 heterocycles. The highest BCUT2D eigenvalue weighted by molar-refractivity contribution is 5.97. The minimum atomic E-state index is -1.05. The molecule has 0 bridgehead atoms. The van der Waals surface area contributed by atoms with Gasteiger partial charge >= 0.3 is 5.97 Å². The number of aryl methyl sites for hydroxylation is 1. The van der Waals surface area contributed by atoms with Crippen LogP contribution in [0.25, 0.3) is 0 Å². The minimum absolute atomic E-state index is 0.275. The number of benzene rings is 1. The van der Waals surface area contributed by atoms with E-state index in [2.05, 4.69) is 0 Å². The molecule has 1 unspecified atom stereocenters. The van der Waals surface area contributed by atoms with E-state index in [0.717, 1.165) is 11.1 Å². The van der Waals surface area contributed by atoms with E-state index in [1.54, 1.807) is 0 Å². The second-order valence-corrected chi connectivity index (χ2v) is 3.63. The summed E-state index contributed by atoms with van der Waals surface area (Å²) in [6.07, 6.45) is 0.275. The Morgan fingerprint density at radius 3 is 2.40 bits per heavy atom. The zero-order valence-electron chi connectivity index (χ0n) is 8.86. The molecule has 0 saturated heterocycles. The first kappa shape index (κ1) is 11.4. The molecule has 0 aliphatic carbocycles. The van der Waals surface area contributed by atoms with Gasteiger partial charge in [0.15, 0.2) is 0 Å². The maximum atomic E-state index is 11.1. The van der Waals surface area contributed by atoms with E-state index in [4.69, 9.17) is 5.11 Å². The fourth-order valence-electron chi connectivity index (χ4n) is 1.46. The van der Waals surface area contributed by atoms with Crippen molar-refractivity contribution in [1.82, 2.24) is 0 Å². The summed E-state index contributed by atoms with van der Waals surface area (Å²) < 4.78 is 0. The first-order valence-electron chi connectivity index (χ1n) is 4.80. The van der Waals surface area contributed by atoms with E-state index in [0.29, 0.717) is 0 Å². The van der Waals surface area contributed by atoms with Crippen molar-refractivity contribution in [1.29, 1.82) is 0 Å². The van der Waals surface area contributed by atoms with E-state index in [1.807, 2.05) is 31.2 Å². The van der Waals surface area contributed by atoms with Crippen LogP contribution in [0.1, 0.15) is 18.1 Å². The lowest BCUT2D eigenvalue weighted by Crippen LogP contribution is -2.24. The predicted molar refractivity (Wildman–Crippen MR) is 56.7 cm³/mol. The van der Waals surface area contributed by atoms with Crippen LogP contribution in [0, 0.1) is 12.8 Å². The number of ketones is 1. The van der Waals surface area contributed by atoms with E-state index in [1.165, 1.54) is 6.92 Å². The van der Waals surface area contributed by atoms with E-state index in [-0.39, 0.29) is 12.2 Å². The van der Waals surface area contributed by atoms with Gasteiger partial charge in [0.05, 0.1) is 0 Å². The van der Waals surface area contributed by atoms with Crippen molar-refractivity contribution in [2.45, 2.75) is 20.3 Å². The molecule has 15 heavy (non-hydrogen) atoms. The van der Waals surface area contributed by atoms with Gasteiger partial charge in [-0.25, -0.2) is 0 Å². The third-order valence-corrected chi connectivity index (χ3v) is 2.47. The molecule has 0 saturated carbocycles. The number of carboxylic acid groups (broad SMARTS) is 1. The number of Topliss-reactive ketones (excluding diaryl/α,β-unsaturated/α-hetero) is 1. The van der Waals surface area contributed by atoms with Crippen LogP contribution in [-0.2, 0) is 16.0 Å². The molecule has 3 nitrogen and oxygen atoms in total. The molecular weight excluding hydrogens is 192 g/mol. The van der Waals surface area contributed by atoms with Gasteiger partial charge in [0.1, 0.15) is 11.7 Å². The molecule has 0 radical (unpaired) electrons. The zero-order chi connectivity index (χ0) is 11.4. The average molecular weight is 206 g/mol. The SMILES string of the molecule is CC(=O)C(Cc1ccccc1C)C(=O)O. The molecule has 0 amide bonds. The average Bonchev–Trinajstić information content (AvgIpc) is 2.15. The summed E-state index contributed by atoms with van der Waals surface area (Å²) in [6, 6.07) is 7.51. The molecule has 0 spiro atoms. The third-order valence-electron chi connectivity index (χ3n) is 2.47. The van der Waals surface area contributed by atoms with Crippen molar-refractivity contribution in [2.75, 3.05) is 0 Å². The van der Waals surface area contributed by atoms with Crippen LogP contribution in [0.15, 0.2) is 24.3 Å². The topological polar surface area (TPSA) is 54.4 Å². The summed E-state index contributed by atoms with van der Waals surface area (Å²) in [5.74, 6) is -2.28. The van der Waals surface area contributed by atoms with Gasteiger partial charge in [-0.1, -0.05) is 24.3 Å². The number of hydrogen-bond donors (Lipinski definition) is 1. The van der Waals surface area contributed by atoms with Crippen molar-refractivity contribution in [3.8, 4) is 0 Å². The molecule has 0 aromatic heterocycles. The smallest absolute Gasteiger partial charge is 0.314 e. The maximum absolute atomic E-state index is 11.1. The minimum Gasteiger partial charge on any atom is -0.481 e. The van der Waals surface area contributed by atoms with Crippen molar-refractivity contribution in [3.63, 3.8) is 0 Å². The zero-order valence-corrected chi connectivity index (χ0v) is 8.86. The van der Waals surface area contributed by atoms with E-state index >= 15 is 0 Å². The Bertz CT molecular complexity index is 368. The van der Waals surface area contributed by atoms with Crippen molar-refractivity contribution >= 4 is 11.8 Å². The third kappa shape index (κ3) is 2.91. The maximum Gasteiger partial charge on any atom is 0.314 e. The first-order valence-corrected chi connectivity index (χ1v) is 4.80. The van der Waals surface area contributed by atoms with Gasteiger partial charge in [0, 0.05) is 0 Å². The monoisotopic (exact) mass is 206 g/mol. The largest absolute Gasteiger partial charge is 0.481 e. The normalized spacial score (nSPS) is 12.1. The molecule has 1 aromatic rings. The van der Waals surface area contributed by atoms with Crippen LogP contribution in [-0.4, -0.2) is 16.9 Å². The molecule has 0 aliphatic rings. The van der Waals surface area contributed by atoms with Gasteiger partial charge in [-0.3, -0.25) is 9.59 Å². The Morgan fingerprint density at radius 2 is 1.93 bits per heavy atom. The molecule has 1 N–H and O–H groups in total. The molecule has 80 valence electrons. The number of aliphatic carboxylic acids is 1. The second-order valence-electron chi connectivity index (χ2n) is 3.63. The number of hydrogen-bond acceptors (Lipinski definition) is 2. The van der Waals surface area contributed by atoms with Crippen LogP contribution in [0.4, 0.5) is 0 Å². The highest BCUT2D eigenvalue weighted by atomic mass is 16.4. The van der Waals surface area contributed by atoms with Gasteiger partial charge in [0.2, 0.25) is 0 Å². The Kier molecular flexibility index (Phi) is 3.61. The van der Waals surface area contributed by atoms with Crippen molar-refractivity contribution in [2.24, 2.45) is 5.92 Å². The fraction of sp³-hybridized carbons (Fsp3) is 0.333. The first-order chi connectivity index (χ1) is 7.02. The van der Waals surface area contributed by atoms with Gasteiger partial charge < -0.3 is 5.11 Å². The molecule has 1 atom stereocenters. The fourth-order valence-corrected chi connectivity index (χ4v) is 1.46. The van der Waals surface area contributed by atoms with Crippen molar-refractivity contribution < 1.29 is 14.7 Å². The summed E-state index contributed by atoms with van der Waals surface area (Å²) in [5.41, 5.74) is 1.94. The highest BCUT2D eigenvalue weighted by Crippen LogP contribution is 2.14. The van der Waals surface area contributed by atoms with Crippen LogP contribution in [0.3, 0.4) is 0 Å². The Hall–Kier alpha value is -1.64. The Balaban J connectivity index is 2.88. The van der Waals surface area contributed by atoms with Crippen molar-refractivity contribution in [3.05, 3.63) is 35.4 Å². The van der Waals surface area contributed by atoms with Crippen LogP contribution in [0.5, 0.6) is 0 Å². The Labute approximate surface area is 88.7 Å². The molecule has 1 rings (SSSR count). The van der Waals surface area contributed by atoms with Gasteiger partial charge in [0.25, 0.3) is 0 Å². The van der Waals surface area contributed by atoms with Crippen LogP contribution < -0.4 is 0 Å². The molecule has 3 heteroatoms. The highest BCUT2D eigenvalue weighted by Gasteiger charge is 2.23. The van der Waals surface area contributed by atoms with Gasteiger partial charge in [-0.05, 0) is 31.4 Å². The standard InChI is InChI=1S/C12H14O3/c1-8-5-3-4-6-10(8)7-11(9(2)13)12(14)15/h3-6,11H,7H2,1-2H3,(H,14,15). The lowest BCUT2D eigenvalue weighted by Gasteiger charge is -2.10.